The zero-order valence-electron chi connectivity index (χ0n) is 13.5. The molecule has 0 aliphatic rings. The highest BCUT2D eigenvalue weighted by Crippen LogP contribution is 2.30. The Kier molecular flexibility index (Phi) is 2.73. The van der Waals surface area contributed by atoms with Crippen molar-refractivity contribution in [3.63, 3.8) is 0 Å². The van der Waals surface area contributed by atoms with Crippen molar-refractivity contribution in [2.75, 3.05) is 0 Å². The first-order chi connectivity index (χ1) is 10.6. The van der Waals surface area contributed by atoms with Crippen molar-refractivity contribution in [3.8, 4) is 0 Å². The van der Waals surface area contributed by atoms with E-state index in [0.29, 0.717) is 5.92 Å². The molecular weight excluding hydrogens is 270 g/mol. The van der Waals surface area contributed by atoms with Gasteiger partial charge in [-0.3, -0.25) is 4.98 Å². The lowest BCUT2D eigenvalue weighted by Gasteiger charge is -2.12. The van der Waals surface area contributed by atoms with Gasteiger partial charge in [-0.25, -0.2) is 0 Å². The molecule has 4 rings (SSSR count). The second-order valence-corrected chi connectivity index (χ2v) is 6.35. The maximum atomic E-state index is 5.00. The summed E-state index contributed by atoms with van der Waals surface area (Å²) in [6.07, 6.45) is 2.11. The van der Waals surface area contributed by atoms with Gasteiger partial charge < -0.3 is 0 Å². The molecule has 0 amide bonds. The van der Waals surface area contributed by atoms with Crippen LogP contribution in [0.5, 0.6) is 0 Å². The van der Waals surface area contributed by atoms with Gasteiger partial charge in [0.2, 0.25) is 0 Å². The van der Waals surface area contributed by atoms with Gasteiger partial charge in [0.1, 0.15) is 16.6 Å². The van der Waals surface area contributed by atoms with Crippen molar-refractivity contribution in [2.45, 2.75) is 26.7 Å². The Labute approximate surface area is 129 Å². The minimum Gasteiger partial charge on any atom is -0.250 e. The zero-order chi connectivity index (χ0) is 15.4. The summed E-state index contributed by atoms with van der Waals surface area (Å²) in [5, 5.41) is 2.48. The smallest absolute Gasteiger partial charge is 0.196 e. The van der Waals surface area contributed by atoms with Crippen molar-refractivity contribution in [3.05, 3.63) is 53.9 Å². The van der Waals surface area contributed by atoms with Gasteiger partial charge in [0, 0.05) is 22.5 Å². The van der Waals surface area contributed by atoms with E-state index in [9.17, 15) is 0 Å². The Morgan fingerprint density at radius 1 is 1.09 bits per heavy atom. The Morgan fingerprint density at radius 2 is 1.82 bits per heavy atom. The van der Waals surface area contributed by atoms with Crippen LogP contribution in [0.15, 0.2) is 42.6 Å². The highest BCUT2D eigenvalue weighted by atomic mass is 15.3. The quantitative estimate of drug-likeness (QED) is 0.385. The van der Waals surface area contributed by atoms with Gasteiger partial charge in [-0.1, -0.05) is 38.1 Å². The number of benzene rings is 1. The maximum absolute atomic E-state index is 5.00. The molecule has 0 spiro atoms. The summed E-state index contributed by atoms with van der Waals surface area (Å²) in [7, 11) is 2.08. The summed E-state index contributed by atoms with van der Waals surface area (Å²) in [6.45, 7) is 6.58. The van der Waals surface area contributed by atoms with Gasteiger partial charge in [0.15, 0.2) is 13.2 Å². The highest BCUT2D eigenvalue weighted by molar-refractivity contribution is 6.11. The fourth-order valence-electron chi connectivity index (χ4n) is 3.32. The van der Waals surface area contributed by atoms with Gasteiger partial charge in [0.25, 0.3) is 0 Å². The molecule has 3 heterocycles. The van der Waals surface area contributed by atoms with E-state index < -0.39 is 0 Å². The number of aromatic nitrogens is 3. The van der Waals surface area contributed by atoms with E-state index in [-0.39, 0.29) is 0 Å². The van der Waals surface area contributed by atoms with Crippen molar-refractivity contribution < 1.29 is 4.68 Å². The Bertz CT molecular complexity index is 1030. The standard InChI is InChI=1S/C19H20N3/c1-12(2)16-11-13(3)19-18(20-16)15-8-6-5-7-14(15)17-9-10-21(4)22(17)19/h5-12H,1-4H3/q+1. The van der Waals surface area contributed by atoms with Gasteiger partial charge in [-0.15, -0.1) is 9.20 Å². The van der Waals surface area contributed by atoms with E-state index in [2.05, 4.69) is 79.6 Å². The van der Waals surface area contributed by atoms with Crippen LogP contribution in [0, 0.1) is 6.92 Å². The molecule has 0 fully saturated rings. The largest absolute Gasteiger partial charge is 0.250 e. The molecule has 0 unspecified atom stereocenters. The molecule has 4 aromatic rings. The number of hydrogen-bond donors (Lipinski definition) is 0. The molecule has 0 N–H and O–H groups in total. The zero-order valence-corrected chi connectivity index (χ0v) is 13.5. The first kappa shape index (κ1) is 13.3. The third-order valence-electron chi connectivity index (χ3n) is 4.46. The van der Waals surface area contributed by atoms with Gasteiger partial charge in [-0.05, 0) is 24.5 Å². The maximum Gasteiger partial charge on any atom is 0.196 e. The molecule has 0 radical (unpaired) electrons. The molecule has 0 saturated heterocycles. The number of nitrogens with zero attached hydrogens (tertiary/aromatic N) is 3. The van der Waals surface area contributed by atoms with Crippen LogP contribution >= 0.6 is 0 Å². The third kappa shape index (κ3) is 1.68. The number of rotatable bonds is 1. The van der Waals surface area contributed by atoms with E-state index in [1.54, 1.807) is 0 Å². The van der Waals surface area contributed by atoms with Crippen LogP contribution < -0.4 is 4.68 Å². The lowest BCUT2D eigenvalue weighted by molar-refractivity contribution is -0.735. The lowest BCUT2D eigenvalue weighted by atomic mass is 10.0. The molecule has 0 aliphatic heterocycles. The van der Waals surface area contributed by atoms with Crippen LogP contribution in [0.1, 0.15) is 31.0 Å². The van der Waals surface area contributed by atoms with Crippen molar-refractivity contribution in [1.29, 1.82) is 0 Å². The SMILES string of the molecule is Cc1cc(C(C)C)nc2c3ccccc3c3cc[n+](C)n3c12. The van der Waals surface area contributed by atoms with E-state index >= 15 is 0 Å². The first-order valence-corrected chi connectivity index (χ1v) is 7.77. The number of hydrogen-bond acceptors (Lipinski definition) is 1. The van der Waals surface area contributed by atoms with Crippen molar-refractivity contribution >= 4 is 27.3 Å². The second kappa shape index (κ2) is 4.54. The van der Waals surface area contributed by atoms with Crippen LogP contribution in [0.4, 0.5) is 0 Å². The molecule has 3 nitrogen and oxygen atoms in total. The Balaban J connectivity index is 2.36. The summed E-state index contributed by atoms with van der Waals surface area (Å²) >= 11 is 0. The van der Waals surface area contributed by atoms with Crippen molar-refractivity contribution in [2.24, 2.45) is 7.05 Å². The number of aryl methyl sites for hydroxylation is 2. The fourth-order valence-corrected chi connectivity index (χ4v) is 3.32. The molecule has 22 heavy (non-hydrogen) atoms. The Morgan fingerprint density at radius 3 is 2.55 bits per heavy atom. The van der Waals surface area contributed by atoms with E-state index in [1.807, 2.05) is 0 Å². The molecule has 3 heteroatoms. The minimum absolute atomic E-state index is 0.427. The Hall–Kier alpha value is -2.42. The topological polar surface area (TPSA) is 21.2 Å². The summed E-state index contributed by atoms with van der Waals surface area (Å²) in [4.78, 5) is 5.00. The average Bonchev–Trinajstić information content (AvgIpc) is 2.89. The lowest BCUT2D eigenvalue weighted by Crippen LogP contribution is -2.34. The monoisotopic (exact) mass is 290 g/mol. The molecule has 1 aromatic carbocycles. The molecule has 110 valence electrons. The molecule has 0 saturated carbocycles. The number of fused-ring (bicyclic) bond motifs is 6. The second-order valence-electron chi connectivity index (χ2n) is 6.35. The fraction of sp³-hybridized carbons (Fsp3) is 0.263. The minimum atomic E-state index is 0.427. The average molecular weight is 290 g/mol. The molecule has 0 aliphatic carbocycles. The van der Waals surface area contributed by atoms with Crippen LogP contribution in [-0.2, 0) is 7.05 Å². The van der Waals surface area contributed by atoms with E-state index in [1.165, 1.54) is 27.4 Å². The molecule has 0 bridgehead atoms. The van der Waals surface area contributed by atoms with Crippen LogP contribution in [0.25, 0.3) is 27.3 Å². The van der Waals surface area contributed by atoms with Crippen LogP contribution in [0.3, 0.4) is 0 Å². The summed E-state index contributed by atoms with van der Waals surface area (Å²) in [5.74, 6) is 0.427. The molecule has 3 aromatic heterocycles. The number of pyridine rings is 2. The van der Waals surface area contributed by atoms with E-state index in [0.717, 1.165) is 11.2 Å². The normalized spacial score (nSPS) is 12.0. The summed E-state index contributed by atoms with van der Waals surface area (Å²) in [5.41, 5.74) is 5.96. The highest BCUT2D eigenvalue weighted by Gasteiger charge is 2.18. The first-order valence-electron chi connectivity index (χ1n) is 7.77. The molecule has 0 atom stereocenters. The van der Waals surface area contributed by atoms with Crippen molar-refractivity contribution in [1.82, 2.24) is 9.50 Å². The van der Waals surface area contributed by atoms with Gasteiger partial charge in [0.05, 0.1) is 0 Å². The van der Waals surface area contributed by atoms with E-state index in [4.69, 9.17) is 4.98 Å². The summed E-state index contributed by atoms with van der Waals surface area (Å²) < 4.78 is 4.40. The van der Waals surface area contributed by atoms with Crippen LogP contribution in [0.2, 0.25) is 0 Å². The summed E-state index contributed by atoms with van der Waals surface area (Å²) in [6, 6.07) is 13.0. The van der Waals surface area contributed by atoms with Gasteiger partial charge in [-0.2, -0.15) is 0 Å². The van der Waals surface area contributed by atoms with Crippen LogP contribution in [-0.4, -0.2) is 9.50 Å². The molecular formula is C19H20N3+. The van der Waals surface area contributed by atoms with Gasteiger partial charge >= 0.3 is 0 Å². The third-order valence-corrected chi connectivity index (χ3v) is 4.46. The predicted molar refractivity (Wildman–Crippen MR) is 90.2 cm³/mol. The predicted octanol–water partition coefficient (Wildman–Crippen LogP) is 3.90.